The summed E-state index contributed by atoms with van der Waals surface area (Å²) in [4.78, 5) is 50.8. The summed E-state index contributed by atoms with van der Waals surface area (Å²) in [5.74, 6) is -1.33. The minimum absolute atomic E-state index is 0.146. The number of para-hydroxylation sites is 1. The highest BCUT2D eigenvalue weighted by molar-refractivity contribution is 7.20. The highest BCUT2D eigenvalue weighted by Gasteiger charge is 2.23. The van der Waals surface area contributed by atoms with Crippen molar-refractivity contribution < 1.29 is 28.7 Å². The molecule has 1 heterocycles. The Kier molecular flexibility index (Phi) is 10.8. The van der Waals surface area contributed by atoms with Crippen LogP contribution < -0.4 is 16.0 Å². The lowest BCUT2D eigenvalue weighted by Crippen LogP contribution is -2.44. The zero-order chi connectivity index (χ0) is 29.7. The van der Waals surface area contributed by atoms with Gasteiger partial charge in [0, 0.05) is 23.0 Å². The summed E-state index contributed by atoms with van der Waals surface area (Å²) >= 11 is 1.34. The maximum atomic E-state index is 13.4. The first-order valence-electron chi connectivity index (χ1n) is 13.3. The molecule has 42 heavy (non-hydrogen) atoms. The molecule has 3 N–H and O–H groups in total. The van der Waals surface area contributed by atoms with E-state index in [0.717, 1.165) is 15.6 Å². The largest absolute Gasteiger partial charge is 0.466 e. The molecule has 0 fully saturated rings. The molecule has 4 rings (SSSR count). The van der Waals surface area contributed by atoms with Gasteiger partial charge in [0.2, 0.25) is 5.91 Å². The van der Waals surface area contributed by atoms with Crippen molar-refractivity contribution in [3.8, 4) is 0 Å². The number of thiophene rings is 1. The Balaban J connectivity index is 1.40. The van der Waals surface area contributed by atoms with Crippen LogP contribution in [0.2, 0.25) is 0 Å². The Bertz CT molecular complexity index is 1530. The number of anilines is 1. The molecule has 1 aromatic heterocycles. The Morgan fingerprint density at radius 1 is 0.929 bits per heavy atom. The third kappa shape index (κ3) is 8.77. The molecule has 9 nitrogen and oxygen atoms in total. The number of amides is 3. The summed E-state index contributed by atoms with van der Waals surface area (Å²) in [6.07, 6.45) is 2.88. The smallest absolute Gasteiger partial charge is 0.407 e. The highest BCUT2D eigenvalue weighted by Crippen LogP contribution is 2.25. The van der Waals surface area contributed by atoms with Crippen LogP contribution in [-0.4, -0.2) is 43.6 Å². The van der Waals surface area contributed by atoms with E-state index in [-0.39, 0.29) is 25.5 Å². The van der Waals surface area contributed by atoms with Crippen LogP contribution in [0.15, 0.2) is 91.0 Å². The van der Waals surface area contributed by atoms with E-state index in [9.17, 15) is 19.2 Å². The molecule has 0 radical (unpaired) electrons. The van der Waals surface area contributed by atoms with Gasteiger partial charge in [-0.3, -0.25) is 9.59 Å². The minimum Gasteiger partial charge on any atom is -0.466 e. The van der Waals surface area contributed by atoms with E-state index >= 15 is 0 Å². The number of rotatable bonds is 12. The van der Waals surface area contributed by atoms with Gasteiger partial charge in [0.15, 0.2) is 0 Å². The molecule has 4 aromatic rings. The standard InChI is InChI=1S/C32H31N3O6S/c1-40-29(36)18-17-23-12-5-7-14-25(23)34-30(37)26(35-31(38)28-20-24-13-6-8-16-27(24)42-28)15-9-19-33-32(39)41-21-22-10-3-2-4-11-22/h2-8,10-14,16-18,20,26H,9,15,19,21H2,1H3,(H,33,39)(H,34,37)(H,35,38)/b18-17+/t26-/m0/s1. The lowest BCUT2D eigenvalue weighted by molar-refractivity contribution is -0.134. The molecule has 0 saturated heterocycles. The van der Waals surface area contributed by atoms with Gasteiger partial charge >= 0.3 is 12.1 Å². The summed E-state index contributed by atoms with van der Waals surface area (Å²) < 4.78 is 10.9. The van der Waals surface area contributed by atoms with Gasteiger partial charge in [-0.25, -0.2) is 9.59 Å². The monoisotopic (exact) mass is 585 g/mol. The summed E-state index contributed by atoms with van der Waals surface area (Å²) in [6.45, 7) is 0.390. The van der Waals surface area contributed by atoms with E-state index in [2.05, 4.69) is 20.7 Å². The third-order valence-electron chi connectivity index (χ3n) is 6.24. The molecule has 0 aliphatic heterocycles. The highest BCUT2D eigenvalue weighted by atomic mass is 32.1. The summed E-state index contributed by atoms with van der Waals surface area (Å²) in [6, 6.07) is 24.8. The van der Waals surface area contributed by atoms with Crippen molar-refractivity contribution in [3.05, 3.63) is 107 Å². The zero-order valence-corrected chi connectivity index (χ0v) is 23.8. The Hall–Kier alpha value is -4.96. The number of esters is 1. The Labute approximate surface area is 247 Å². The minimum atomic E-state index is -0.900. The number of hydrogen-bond donors (Lipinski definition) is 3. The van der Waals surface area contributed by atoms with Crippen LogP contribution in [-0.2, 0) is 25.7 Å². The van der Waals surface area contributed by atoms with Crippen LogP contribution in [0.1, 0.15) is 33.6 Å². The second kappa shape index (κ2) is 15.2. The van der Waals surface area contributed by atoms with Crippen LogP contribution in [0.4, 0.5) is 10.5 Å². The van der Waals surface area contributed by atoms with E-state index in [0.29, 0.717) is 22.5 Å². The normalized spacial score (nSPS) is 11.5. The predicted molar refractivity (Wildman–Crippen MR) is 163 cm³/mol. The van der Waals surface area contributed by atoms with Gasteiger partial charge in [0.25, 0.3) is 5.91 Å². The van der Waals surface area contributed by atoms with Crippen molar-refractivity contribution in [1.82, 2.24) is 10.6 Å². The molecule has 0 unspecified atom stereocenters. The quantitative estimate of drug-likeness (QED) is 0.114. The number of alkyl carbamates (subject to hydrolysis) is 1. The third-order valence-corrected chi connectivity index (χ3v) is 7.36. The van der Waals surface area contributed by atoms with Crippen molar-refractivity contribution in [2.45, 2.75) is 25.5 Å². The molecule has 3 aromatic carbocycles. The molecule has 3 amide bonds. The van der Waals surface area contributed by atoms with Gasteiger partial charge in [0.05, 0.1) is 12.0 Å². The number of nitrogens with one attached hydrogen (secondary N) is 3. The lowest BCUT2D eigenvalue weighted by atomic mass is 10.1. The average Bonchev–Trinajstić information content (AvgIpc) is 3.46. The van der Waals surface area contributed by atoms with Gasteiger partial charge in [-0.15, -0.1) is 11.3 Å². The van der Waals surface area contributed by atoms with Gasteiger partial charge in [-0.05, 0) is 53.6 Å². The molecule has 0 bridgehead atoms. The number of benzene rings is 3. The first kappa shape index (κ1) is 30.0. The Morgan fingerprint density at radius 3 is 2.45 bits per heavy atom. The van der Waals surface area contributed by atoms with Crippen molar-refractivity contribution in [2.24, 2.45) is 0 Å². The SMILES string of the molecule is COC(=O)/C=C/c1ccccc1NC(=O)[C@H](CCCNC(=O)OCc1ccccc1)NC(=O)c1cc2ccccc2s1. The van der Waals surface area contributed by atoms with Gasteiger partial charge in [-0.1, -0.05) is 66.7 Å². The molecule has 10 heteroatoms. The summed E-state index contributed by atoms with van der Waals surface area (Å²) in [7, 11) is 1.28. The molecule has 0 saturated carbocycles. The number of carbonyl (C=O) groups excluding carboxylic acids is 4. The number of ether oxygens (including phenoxy) is 2. The average molecular weight is 586 g/mol. The van der Waals surface area contributed by atoms with E-state index in [1.54, 1.807) is 30.3 Å². The van der Waals surface area contributed by atoms with Crippen molar-refractivity contribution in [3.63, 3.8) is 0 Å². The number of hydrogen-bond acceptors (Lipinski definition) is 7. The van der Waals surface area contributed by atoms with Crippen molar-refractivity contribution >= 4 is 57.1 Å². The van der Waals surface area contributed by atoms with Gasteiger partial charge < -0.3 is 25.4 Å². The van der Waals surface area contributed by atoms with E-state index < -0.39 is 24.0 Å². The summed E-state index contributed by atoms with van der Waals surface area (Å²) in [5, 5.41) is 9.34. The topological polar surface area (TPSA) is 123 Å². The van der Waals surface area contributed by atoms with Gasteiger partial charge in [-0.2, -0.15) is 0 Å². The fourth-order valence-electron chi connectivity index (χ4n) is 4.06. The van der Waals surface area contributed by atoms with Crippen molar-refractivity contribution in [2.75, 3.05) is 19.0 Å². The molecule has 0 aliphatic carbocycles. The van der Waals surface area contributed by atoms with Crippen LogP contribution in [0.3, 0.4) is 0 Å². The maximum absolute atomic E-state index is 13.4. The number of carbonyl (C=O) groups is 4. The van der Waals surface area contributed by atoms with Gasteiger partial charge in [0.1, 0.15) is 12.6 Å². The van der Waals surface area contributed by atoms with Crippen LogP contribution >= 0.6 is 11.3 Å². The van der Waals surface area contributed by atoms with Crippen LogP contribution in [0, 0.1) is 0 Å². The molecule has 216 valence electrons. The summed E-state index contributed by atoms with van der Waals surface area (Å²) in [5.41, 5.74) is 1.93. The van der Waals surface area contributed by atoms with E-state index in [1.807, 2.05) is 54.6 Å². The number of fused-ring (bicyclic) bond motifs is 1. The van der Waals surface area contributed by atoms with E-state index in [4.69, 9.17) is 4.74 Å². The van der Waals surface area contributed by atoms with E-state index in [1.165, 1.54) is 30.6 Å². The lowest BCUT2D eigenvalue weighted by Gasteiger charge is -2.19. The molecule has 0 spiro atoms. The first-order valence-corrected chi connectivity index (χ1v) is 14.1. The van der Waals surface area contributed by atoms with Crippen molar-refractivity contribution in [1.29, 1.82) is 0 Å². The van der Waals surface area contributed by atoms with Crippen LogP contribution in [0.5, 0.6) is 0 Å². The predicted octanol–water partition coefficient (Wildman–Crippen LogP) is 5.53. The second-order valence-electron chi connectivity index (χ2n) is 9.24. The molecular formula is C32H31N3O6S. The molecule has 0 aliphatic rings. The second-order valence-corrected chi connectivity index (χ2v) is 10.3. The van der Waals surface area contributed by atoms with Crippen LogP contribution in [0.25, 0.3) is 16.2 Å². The fourth-order valence-corrected chi connectivity index (χ4v) is 5.03. The number of methoxy groups -OCH3 is 1. The Morgan fingerprint density at radius 2 is 1.67 bits per heavy atom. The zero-order valence-electron chi connectivity index (χ0n) is 23.0. The first-order chi connectivity index (χ1) is 20.4. The fraction of sp³-hybridized carbons (Fsp3) is 0.188. The molecular weight excluding hydrogens is 554 g/mol. The molecule has 1 atom stereocenters. The maximum Gasteiger partial charge on any atom is 0.407 e.